The van der Waals surface area contributed by atoms with E-state index in [2.05, 4.69) is 20.7 Å². The summed E-state index contributed by atoms with van der Waals surface area (Å²) in [6.07, 6.45) is 9.29. The van der Waals surface area contributed by atoms with Crippen molar-refractivity contribution in [2.24, 2.45) is 17.8 Å². The molecular formula is C37H41ClFN3O5S. The van der Waals surface area contributed by atoms with Crippen molar-refractivity contribution in [3.8, 4) is 5.75 Å². The van der Waals surface area contributed by atoms with E-state index in [9.17, 15) is 18.3 Å². The van der Waals surface area contributed by atoms with Crippen molar-refractivity contribution in [1.29, 1.82) is 0 Å². The van der Waals surface area contributed by atoms with Crippen molar-refractivity contribution in [2.75, 3.05) is 24.6 Å². The van der Waals surface area contributed by atoms with Crippen molar-refractivity contribution >= 4 is 33.2 Å². The van der Waals surface area contributed by atoms with Crippen molar-refractivity contribution < 1.29 is 27.4 Å². The number of carbonyl (C=O) groups is 1. The number of nitrogens with one attached hydrogen (secondary N) is 1. The molecule has 2 aliphatic carbocycles. The summed E-state index contributed by atoms with van der Waals surface area (Å²) >= 11 is 6.42. The Labute approximate surface area is 286 Å². The minimum Gasteiger partial charge on any atom is -0.490 e. The highest BCUT2D eigenvalue weighted by atomic mass is 35.5. The molecule has 1 aromatic heterocycles. The van der Waals surface area contributed by atoms with E-state index < -0.39 is 38.6 Å². The van der Waals surface area contributed by atoms with Gasteiger partial charge in [-0.3, -0.25) is 4.79 Å². The van der Waals surface area contributed by atoms with Crippen LogP contribution in [0, 0.1) is 23.7 Å². The minimum absolute atomic E-state index is 0.0300. The number of amides is 1. The van der Waals surface area contributed by atoms with Gasteiger partial charge in [0.1, 0.15) is 11.4 Å². The molecule has 4 aliphatic rings. The second kappa shape index (κ2) is 12.4. The largest absolute Gasteiger partial charge is 0.490 e. The fourth-order valence-corrected chi connectivity index (χ4v) is 9.72. The summed E-state index contributed by atoms with van der Waals surface area (Å²) < 4.78 is 51.0. The van der Waals surface area contributed by atoms with Crippen LogP contribution in [0.2, 0.25) is 5.02 Å². The number of allylic oxidation sites excluding steroid dienone is 1. The third-order valence-electron chi connectivity index (χ3n) is 11.3. The molecule has 0 radical (unpaired) electrons. The number of rotatable bonds is 1. The smallest absolute Gasteiger partial charge is 0.264 e. The Morgan fingerprint density at radius 3 is 2.73 bits per heavy atom. The number of nitrogens with zero attached hydrogens (tertiary/aromatic N) is 2. The normalized spacial score (nSPS) is 32.1. The van der Waals surface area contributed by atoms with Gasteiger partial charge in [-0.05, 0) is 111 Å². The van der Waals surface area contributed by atoms with Gasteiger partial charge in [0.25, 0.3) is 5.91 Å². The van der Waals surface area contributed by atoms with Gasteiger partial charge in [0, 0.05) is 46.8 Å². The van der Waals surface area contributed by atoms with Crippen molar-refractivity contribution in [2.45, 2.75) is 68.6 Å². The van der Waals surface area contributed by atoms with Crippen LogP contribution in [0.15, 0.2) is 66.9 Å². The summed E-state index contributed by atoms with van der Waals surface area (Å²) in [4.78, 5) is 19.6. The Kier molecular flexibility index (Phi) is 8.57. The minimum atomic E-state index is -4.05. The van der Waals surface area contributed by atoms with Gasteiger partial charge in [0.15, 0.2) is 0 Å². The monoisotopic (exact) mass is 693 g/mol. The van der Waals surface area contributed by atoms with E-state index in [0.717, 1.165) is 25.7 Å². The maximum Gasteiger partial charge on any atom is 0.264 e. The Morgan fingerprint density at radius 1 is 1.12 bits per heavy atom. The number of halogens is 2. The average Bonchev–Trinajstić information content (AvgIpc) is 3.18. The lowest BCUT2D eigenvalue weighted by molar-refractivity contribution is -0.0526. The summed E-state index contributed by atoms with van der Waals surface area (Å²) in [6.45, 7) is 4.85. The van der Waals surface area contributed by atoms with Crippen LogP contribution in [0.5, 0.6) is 5.75 Å². The molecule has 7 rings (SSSR count). The van der Waals surface area contributed by atoms with E-state index in [4.69, 9.17) is 16.3 Å². The third-order valence-corrected chi connectivity index (χ3v) is 13.5. The molecule has 2 N–H and O–H groups in total. The van der Waals surface area contributed by atoms with Crippen LogP contribution in [-0.2, 0) is 27.5 Å². The molecule has 0 saturated heterocycles. The summed E-state index contributed by atoms with van der Waals surface area (Å²) in [5.74, 6) is -1.59. The van der Waals surface area contributed by atoms with Gasteiger partial charge in [0.05, 0.1) is 17.5 Å². The molecule has 2 aliphatic heterocycles. The van der Waals surface area contributed by atoms with Crippen LogP contribution < -0.4 is 14.4 Å². The first-order valence-electron chi connectivity index (χ1n) is 16.8. The topological polar surface area (TPSA) is 109 Å². The summed E-state index contributed by atoms with van der Waals surface area (Å²) in [5, 5.41) is 12.2. The van der Waals surface area contributed by atoms with Gasteiger partial charge in [-0.2, -0.15) is 4.39 Å². The maximum atomic E-state index is 15.3. The fraction of sp³-hybridized carbons (Fsp3) is 0.459. The standard InChI is InChI=1S/C37H41ClFN3O5S/c1-23-6-3-16-37(44,31-8-5-17-40-34(31)39)30-12-9-27(30)20-42-21-36(15-4-7-25-18-28(38)11-13-29(25)36)22-47-33-14-10-26(19-32(33)42)35(43)41-48(45,46)24(23)2/h3,5,8,10-11,13-14,16-19,23-24,27,30,44H,4,6-7,9,12,15,20-22H2,1-2H3,(H,41,43)/b16-3+/t23-,24+,27-,30+,36-,37+/m0/s1. The summed E-state index contributed by atoms with van der Waals surface area (Å²) in [7, 11) is -4.05. The molecule has 1 spiro atoms. The molecule has 11 heteroatoms. The highest BCUT2D eigenvalue weighted by Gasteiger charge is 2.50. The summed E-state index contributed by atoms with van der Waals surface area (Å²) in [5.41, 5.74) is 1.35. The quantitative estimate of drug-likeness (QED) is 0.227. The first-order valence-corrected chi connectivity index (χ1v) is 18.7. The maximum absolute atomic E-state index is 15.3. The molecule has 1 fully saturated rings. The number of aromatic nitrogens is 1. The van der Waals surface area contributed by atoms with E-state index in [0.29, 0.717) is 49.0 Å². The van der Waals surface area contributed by atoms with Gasteiger partial charge >= 0.3 is 0 Å². The third kappa shape index (κ3) is 5.79. The fourth-order valence-electron chi connectivity index (χ4n) is 8.24. The van der Waals surface area contributed by atoms with E-state index in [-0.39, 0.29) is 28.4 Å². The van der Waals surface area contributed by atoms with Crippen LogP contribution in [0.3, 0.4) is 0 Å². The Balaban J connectivity index is 1.36. The van der Waals surface area contributed by atoms with Crippen LogP contribution in [0.1, 0.15) is 73.0 Å². The number of benzene rings is 2. The Morgan fingerprint density at radius 2 is 1.96 bits per heavy atom. The van der Waals surface area contributed by atoms with Gasteiger partial charge in [-0.15, -0.1) is 0 Å². The number of aryl methyl sites for hydroxylation is 1. The first kappa shape index (κ1) is 33.0. The molecule has 6 atom stereocenters. The van der Waals surface area contributed by atoms with Crippen molar-refractivity contribution in [3.63, 3.8) is 0 Å². The number of sulfonamides is 1. The first-order chi connectivity index (χ1) is 22.9. The predicted molar refractivity (Wildman–Crippen MR) is 183 cm³/mol. The number of pyridine rings is 1. The SMILES string of the molecule is C[C@@H]1[C@@H](C)C/C=C/[C@](O)(c2cccnc2F)[C@@H]2CC[C@H]2CN2C[C@@]3(CCCc4cc(Cl)ccc43)COc3ccc(cc32)C(=O)NS1(=O)=O. The number of aliphatic hydroxyl groups is 1. The van der Waals surface area contributed by atoms with Crippen molar-refractivity contribution in [3.05, 3.63) is 100 Å². The molecule has 1 amide bonds. The van der Waals surface area contributed by atoms with E-state index in [1.807, 2.05) is 12.1 Å². The molecule has 254 valence electrons. The summed E-state index contributed by atoms with van der Waals surface area (Å²) in [6, 6.07) is 14.3. The van der Waals surface area contributed by atoms with E-state index in [1.165, 1.54) is 17.3 Å². The van der Waals surface area contributed by atoms with Crippen molar-refractivity contribution in [1.82, 2.24) is 9.71 Å². The lowest BCUT2D eigenvalue weighted by Gasteiger charge is -2.49. The van der Waals surface area contributed by atoms with Crippen LogP contribution in [-0.4, -0.2) is 49.4 Å². The van der Waals surface area contributed by atoms with E-state index in [1.54, 1.807) is 56.3 Å². The Bertz CT molecular complexity index is 1890. The molecule has 0 unspecified atom stereocenters. The highest BCUT2D eigenvalue weighted by Crippen LogP contribution is 2.51. The molecule has 3 aromatic rings. The highest BCUT2D eigenvalue weighted by molar-refractivity contribution is 7.90. The number of anilines is 1. The number of ether oxygens (including phenoxy) is 1. The molecule has 3 heterocycles. The van der Waals surface area contributed by atoms with Gasteiger partial charge < -0.3 is 14.7 Å². The molecule has 1 saturated carbocycles. The molecule has 2 bridgehead atoms. The zero-order valence-electron chi connectivity index (χ0n) is 27.2. The zero-order chi connectivity index (χ0) is 33.8. The number of carbonyl (C=O) groups excluding carboxylic acids is 1. The zero-order valence-corrected chi connectivity index (χ0v) is 28.7. The predicted octanol–water partition coefficient (Wildman–Crippen LogP) is 6.31. The molecular weight excluding hydrogens is 653 g/mol. The molecule has 8 nitrogen and oxygen atoms in total. The average molecular weight is 694 g/mol. The Hall–Kier alpha value is -3.47. The molecule has 48 heavy (non-hydrogen) atoms. The van der Waals surface area contributed by atoms with Gasteiger partial charge in [-0.25, -0.2) is 18.1 Å². The second-order valence-electron chi connectivity index (χ2n) is 14.2. The molecule has 2 aromatic carbocycles. The number of hydrogen-bond donors (Lipinski definition) is 2. The second-order valence-corrected chi connectivity index (χ2v) is 16.7. The van der Waals surface area contributed by atoms with Crippen LogP contribution >= 0.6 is 11.6 Å². The number of fused-ring (bicyclic) bond motifs is 4. The lowest BCUT2D eigenvalue weighted by atomic mass is 9.62. The van der Waals surface area contributed by atoms with Gasteiger partial charge in [-0.1, -0.05) is 36.7 Å². The van der Waals surface area contributed by atoms with Crippen LogP contribution in [0.25, 0.3) is 0 Å². The number of hydrogen-bond acceptors (Lipinski definition) is 7. The lowest BCUT2D eigenvalue weighted by Crippen LogP contribution is -2.51. The van der Waals surface area contributed by atoms with Crippen LogP contribution in [0.4, 0.5) is 10.1 Å². The van der Waals surface area contributed by atoms with E-state index >= 15 is 4.39 Å². The van der Waals surface area contributed by atoms with Gasteiger partial charge in [0.2, 0.25) is 16.0 Å².